The SMILES string of the molecule is C/C=C(/CO)C1OC2C(C)=CC(C)(/C=C/C(=O)O)C3C(C)=CC1(C)C23C. The molecule has 0 aromatic rings. The Morgan fingerprint density at radius 1 is 1.23 bits per heavy atom. The average molecular weight is 358 g/mol. The number of ether oxygens (including phenoxy) is 1. The number of carbonyl (C=O) groups is 1. The number of aliphatic hydroxyl groups excluding tert-OH is 1. The minimum Gasteiger partial charge on any atom is -0.478 e. The molecule has 3 rings (SSSR count). The molecule has 6 atom stereocenters. The number of hydrogen-bond acceptors (Lipinski definition) is 3. The van der Waals surface area contributed by atoms with E-state index in [4.69, 9.17) is 9.84 Å². The van der Waals surface area contributed by atoms with Gasteiger partial charge in [-0.1, -0.05) is 50.6 Å². The summed E-state index contributed by atoms with van der Waals surface area (Å²) in [5.41, 5.74) is 2.45. The summed E-state index contributed by atoms with van der Waals surface area (Å²) < 4.78 is 6.55. The molecule has 0 bridgehead atoms. The minimum atomic E-state index is -0.927. The maximum Gasteiger partial charge on any atom is 0.328 e. The average Bonchev–Trinajstić information content (AvgIpc) is 2.89. The van der Waals surface area contributed by atoms with Crippen molar-refractivity contribution in [1.82, 2.24) is 0 Å². The molecule has 0 saturated carbocycles. The van der Waals surface area contributed by atoms with E-state index >= 15 is 0 Å². The highest BCUT2D eigenvalue weighted by molar-refractivity contribution is 5.80. The van der Waals surface area contributed by atoms with Crippen LogP contribution >= 0.6 is 0 Å². The molecule has 6 unspecified atom stereocenters. The first-order valence-corrected chi connectivity index (χ1v) is 9.27. The Balaban J connectivity index is 2.20. The zero-order chi connectivity index (χ0) is 19.5. The lowest BCUT2D eigenvalue weighted by Crippen LogP contribution is -2.51. The van der Waals surface area contributed by atoms with Crippen molar-refractivity contribution in [2.75, 3.05) is 6.61 Å². The van der Waals surface area contributed by atoms with Crippen molar-refractivity contribution in [2.24, 2.45) is 22.2 Å². The molecule has 1 fully saturated rings. The number of rotatable bonds is 4. The van der Waals surface area contributed by atoms with Crippen LogP contribution in [0.3, 0.4) is 0 Å². The minimum absolute atomic E-state index is 0.0178. The van der Waals surface area contributed by atoms with Gasteiger partial charge >= 0.3 is 5.97 Å². The molecule has 142 valence electrons. The van der Waals surface area contributed by atoms with Gasteiger partial charge in [0.1, 0.15) is 0 Å². The Bertz CT molecular complexity index is 758. The van der Waals surface area contributed by atoms with Gasteiger partial charge in [0.25, 0.3) is 0 Å². The molecular formula is C22H30O4. The summed E-state index contributed by atoms with van der Waals surface area (Å²) in [6, 6.07) is 0. The molecule has 4 heteroatoms. The first-order valence-electron chi connectivity index (χ1n) is 9.27. The topological polar surface area (TPSA) is 66.8 Å². The zero-order valence-electron chi connectivity index (χ0n) is 16.5. The van der Waals surface area contributed by atoms with Gasteiger partial charge in [-0.3, -0.25) is 0 Å². The molecule has 4 nitrogen and oxygen atoms in total. The third-order valence-electron chi connectivity index (χ3n) is 7.15. The van der Waals surface area contributed by atoms with Gasteiger partial charge in [-0.15, -0.1) is 0 Å². The van der Waals surface area contributed by atoms with Crippen molar-refractivity contribution in [1.29, 1.82) is 0 Å². The van der Waals surface area contributed by atoms with Crippen LogP contribution in [0.25, 0.3) is 0 Å². The van der Waals surface area contributed by atoms with Crippen molar-refractivity contribution in [3.63, 3.8) is 0 Å². The van der Waals surface area contributed by atoms with Gasteiger partial charge in [-0.05, 0) is 31.9 Å². The Labute approximate surface area is 155 Å². The first-order chi connectivity index (χ1) is 12.0. The van der Waals surface area contributed by atoms with Crippen LogP contribution in [0.5, 0.6) is 0 Å². The van der Waals surface area contributed by atoms with Gasteiger partial charge in [0, 0.05) is 28.2 Å². The highest BCUT2D eigenvalue weighted by Crippen LogP contribution is 2.71. The van der Waals surface area contributed by atoms with E-state index in [0.717, 1.165) is 11.1 Å². The van der Waals surface area contributed by atoms with Crippen molar-refractivity contribution < 1.29 is 19.7 Å². The number of carboxylic acid groups (broad SMARTS) is 1. The zero-order valence-corrected chi connectivity index (χ0v) is 16.5. The predicted octanol–water partition coefficient (Wildman–Crippen LogP) is 3.89. The molecule has 3 aliphatic rings. The Kier molecular flexibility index (Phi) is 4.36. The van der Waals surface area contributed by atoms with Gasteiger partial charge in [-0.25, -0.2) is 4.79 Å². The van der Waals surface area contributed by atoms with Gasteiger partial charge in [0.2, 0.25) is 0 Å². The van der Waals surface area contributed by atoms with E-state index in [0.29, 0.717) is 0 Å². The number of hydrogen-bond donors (Lipinski definition) is 2. The number of carboxylic acids is 1. The fourth-order valence-corrected chi connectivity index (χ4v) is 6.27. The largest absolute Gasteiger partial charge is 0.478 e. The second-order valence-electron chi connectivity index (χ2n) is 8.73. The molecule has 0 radical (unpaired) electrons. The van der Waals surface area contributed by atoms with Crippen molar-refractivity contribution >= 4 is 5.97 Å². The smallest absolute Gasteiger partial charge is 0.328 e. The Hall–Kier alpha value is -1.65. The van der Waals surface area contributed by atoms with Crippen LogP contribution < -0.4 is 0 Å². The lowest BCUT2D eigenvalue weighted by Gasteiger charge is -2.52. The fraction of sp³-hybridized carbons (Fsp3) is 0.591. The summed E-state index contributed by atoms with van der Waals surface area (Å²) in [4.78, 5) is 11.2. The normalized spacial score (nSPS) is 44.9. The van der Waals surface area contributed by atoms with E-state index < -0.39 is 5.97 Å². The third kappa shape index (κ3) is 2.25. The maximum atomic E-state index is 11.2. The summed E-state index contributed by atoms with van der Waals surface area (Å²) in [5, 5.41) is 19.0. The molecule has 1 heterocycles. The van der Waals surface area contributed by atoms with Crippen LogP contribution in [-0.4, -0.2) is 35.0 Å². The molecule has 1 saturated heterocycles. The molecule has 2 aliphatic carbocycles. The summed E-state index contributed by atoms with van der Waals surface area (Å²) in [7, 11) is 0. The van der Waals surface area contributed by atoms with Gasteiger partial charge in [0.05, 0.1) is 18.8 Å². The van der Waals surface area contributed by atoms with Crippen LogP contribution in [0.15, 0.2) is 47.1 Å². The van der Waals surface area contributed by atoms with Crippen molar-refractivity contribution in [3.05, 3.63) is 47.1 Å². The highest BCUT2D eigenvalue weighted by Gasteiger charge is 2.71. The number of aliphatic carboxylic acids is 1. The second-order valence-corrected chi connectivity index (χ2v) is 8.73. The van der Waals surface area contributed by atoms with Gasteiger partial charge in [0.15, 0.2) is 0 Å². The van der Waals surface area contributed by atoms with Crippen molar-refractivity contribution in [3.8, 4) is 0 Å². The molecule has 2 N–H and O–H groups in total. The molecule has 0 amide bonds. The standard InChI is InChI=1S/C22H30O4/c1-7-15(12-23)19-21(5)11-13(2)17-20(4,9-8-16(24)25)10-14(3)18(26-19)22(17,21)6/h7-11,17-19,23H,12H2,1-6H3,(H,24,25)/b9-8+,15-7-. The Morgan fingerprint density at radius 3 is 2.42 bits per heavy atom. The van der Waals surface area contributed by atoms with Crippen LogP contribution in [0, 0.1) is 22.2 Å². The second kappa shape index (κ2) is 5.93. The van der Waals surface area contributed by atoms with E-state index in [9.17, 15) is 9.90 Å². The maximum absolute atomic E-state index is 11.2. The van der Waals surface area contributed by atoms with E-state index in [-0.39, 0.29) is 41.0 Å². The molecular weight excluding hydrogens is 328 g/mol. The van der Waals surface area contributed by atoms with Crippen molar-refractivity contribution in [2.45, 2.75) is 53.8 Å². The molecule has 1 aliphatic heterocycles. The van der Waals surface area contributed by atoms with Gasteiger partial charge < -0.3 is 14.9 Å². The molecule has 0 spiro atoms. The Morgan fingerprint density at radius 2 is 1.88 bits per heavy atom. The highest BCUT2D eigenvalue weighted by atomic mass is 16.5. The lowest BCUT2D eigenvalue weighted by molar-refractivity contribution is -0.131. The van der Waals surface area contributed by atoms with E-state index in [1.165, 1.54) is 11.6 Å². The summed E-state index contributed by atoms with van der Waals surface area (Å²) in [6.45, 7) is 12.7. The number of allylic oxidation sites excluding steroid dienone is 4. The third-order valence-corrected chi connectivity index (χ3v) is 7.15. The summed E-state index contributed by atoms with van der Waals surface area (Å²) >= 11 is 0. The monoisotopic (exact) mass is 358 g/mol. The van der Waals surface area contributed by atoms with Crippen LogP contribution in [-0.2, 0) is 9.53 Å². The predicted molar refractivity (Wildman–Crippen MR) is 102 cm³/mol. The summed E-state index contributed by atoms with van der Waals surface area (Å²) in [5.74, 6) is -0.782. The lowest BCUT2D eigenvalue weighted by atomic mass is 9.50. The molecule has 0 aromatic carbocycles. The van der Waals surface area contributed by atoms with E-state index in [1.807, 2.05) is 19.1 Å². The van der Waals surface area contributed by atoms with Gasteiger partial charge in [-0.2, -0.15) is 0 Å². The van der Waals surface area contributed by atoms with Crippen LogP contribution in [0.4, 0.5) is 0 Å². The first kappa shape index (κ1) is 19.1. The van der Waals surface area contributed by atoms with E-state index in [2.05, 4.69) is 46.8 Å². The summed E-state index contributed by atoms with van der Waals surface area (Å²) in [6.07, 6.45) is 9.28. The fourth-order valence-electron chi connectivity index (χ4n) is 6.27. The van der Waals surface area contributed by atoms with Crippen LogP contribution in [0.2, 0.25) is 0 Å². The quantitative estimate of drug-likeness (QED) is 0.591. The molecule has 0 aromatic heterocycles. The number of aliphatic hydroxyl groups is 1. The molecule has 26 heavy (non-hydrogen) atoms. The van der Waals surface area contributed by atoms with Crippen LogP contribution in [0.1, 0.15) is 41.5 Å². The van der Waals surface area contributed by atoms with E-state index in [1.54, 1.807) is 0 Å².